The largest absolute Gasteiger partial charge is 0.393 e. The molecule has 0 saturated heterocycles. The van der Waals surface area contributed by atoms with Gasteiger partial charge in [-0.3, -0.25) is 4.79 Å². The molecule has 0 radical (unpaired) electrons. The van der Waals surface area contributed by atoms with Crippen LogP contribution in [-0.2, 0) is 0 Å². The highest BCUT2D eigenvalue weighted by Gasteiger charge is 2.22. The number of aliphatic hydroxyl groups excluding tert-OH is 1. The summed E-state index contributed by atoms with van der Waals surface area (Å²) < 4.78 is 1.98. The molecule has 2 N–H and O–H groups in total. The van der Waals surface area contributed by atoms with Crippen molar-refractivity contribution in [2.24, 2.45) is 5.92 Å². The first-order chi connectivity index (χ1) is 8.99. The van der Waals surface area contributed by atoms with Crippen molar-refractivity contribution < 1.29 is 5.11 Å². The molecule has 2 rings (SSSR count). The van der Waals surface area contributed by atoms with Crippen LogP contribution in [0, 0.1) is 5.92 Å². The van der Waals surface area contributed by atoms with Crippen LogP contribution in [0.1, 0.15) is 39.2 Å². The van der Waals surface area contributed by atoms with Gasteiger partial charge in [0.2, 0.25) is 0 Å². The number of hydrogen-bond donors (Lipinski definition) is 2. The predicted octanol–water partition coefficient (Wildman–Crippen LogP) is 2.16. The highest BCUT2D eigenvalue weighted by atomic mass is 79.9. The van der Waals surface area contributed by atoms with Gasteiger partial charge in [0.1, 0.15) is 4.47 Å². The van der Waals surface area contributed by atoms with Crippen LogP contribution in [0.2, 0.25) is 0 Å². The van der Waals surface area contributed by atoms with Gasteiger partial charge >= 0.3 is 0 Å². The van der Waals surface area contributed by atoms with E-state index in [-0.39, 0.29) is 17.7 Å². The number of nitrogens with zero attached hydrogens (tertiary/aromatic N) is 2. The summed E-state index contributed by atoms with van der Waals surface area (Å²) in [4.78, 5) is 12.1. The number of aliphatic hydroxyl groups is 1. The van der Waals surface area contributed by atoms with Crippen LogP contribution in [0.3, 0.4) is 0 Å². The van der Waals surface area contributed by atoms with Gasteiger partial charge in [-0.1, -0.05) is 0 Å². The van der Waals surface area contributed by atoms with Gasteiger partial charge < -0.3 is 10.4 Å². The van der Waals surface area contributed by atoms with Crippen molar-refractivity contribution in [2.75, 3.05) is 11.9 Å². The quantitative estimate of drug-likeness (QED) is 0.888. The van der Waals surface area contributed by atoms with Crippen molar-refractivity contribution in [1.82, 2.24) is 9.78 Å². The number of anilines is 1. The average molecular weight is 330 g/mol. The van der Waals surface area contributed by atoms with Crippen LogP contribution in [0.4, 0.5) is 5.69 Å². The molecule has 106 valence electrons. The molecule has 0 aromatic carbocycles. The topological polar surface area (TPSA) is 67.2 Å². The Morgan fingerprint density at radius 3 is 2.89 bits per heavy atom. The zero-order valence-corrected chi connectivity index (χ0v) is 12.9. The summed E-state index contributed by atoms with van der Waals surface area (Å²) in [5.41, 5.74) is 0.606. The van der Waals surface area contributed by atoms with E-state index < -0.39 is 0 Å². The smallest absolute Gasteiger partial charge is 0.283 e. The number of hydrogen-bond acceptors (Lipinski definition) is 4. The Morgan fingerprint density at radius 1 is 1.58 bits per heavy atom. The zero-order chi connectivity index (χ0) is 14.0. The van der Waals surface area contributed by atoms with E-state index in [0.29, 0.717) is 10.4 Å². The van der Waals surface area contributed by atoms with E-state index >= 15 is 0 Å². The minimum absolute atomic E-state index is 0.0443. The van der Waals surface area contributed by atoms with Crippen LogP contribution in [-0.4, -0.2) is 27.5 Å². The van der Waals surface area contributed by atoms with E-state index in [1.54, 1.807) is 6.20 Å². The van der Waals surface area contributed by atoms with Crippen LogP contribution in [0.15, 0.2) is 15.5 Å². The Balaban J connectivity index is 2.05. The molecular formula is C13H20BrN3O2. The molecule has 0 spiro atoms. The van der Waals surface area contributed by atoms with E-state index in [9.17, 15) is 9.90 Å². The first-order valence-corrected chi connectivity index (χ1v) is 7.47. The first-order valence-electron chi connectivity index (χ1n) is 6.68. The van der Waals surface area contributed by atoms with Crippen molar-refractivity contribution in [3.8, 4) is 0 Å². The molecule has 1 aromatic rings. The van der Waals surface area contributed by atoms with Crippen molar-refractivity contribution in [3.63, 3.8) is 0 Å². The number of aromatic nitrogens is 2. The van der Waals surface area contributed by atoms with Crippen LogP contribution in [0.25, 0.3) is 0 Å². The molecule has 6 heteroatoms. The normalized spacial score (nSPS) is 23.0. The Labute approximate surface area is 121 Å². The highest BCUT2D eigenvalue weighted by molar-refractivity contribution is 9.10. The second-order valence-corrected chi connectivity index (χ2v) is 6.22. The van der Waals surface area contributed by atoms with Gasteiger partial charge in [-0.2, -0.15) is 5.10 Å². The molecule has 19 heavy (non-hydrogen) atoms. The predicted molar refractivity (Wildman–Crippen MR) is 78.4 cm³/mol. The molecular weight excluding hydrogens is 310 g/mol. The van der Waals surface area contributed by atoms with Crippen molar-refractivity contribution in [1.29, 1.82) is 0 Å². The SMILES string of the molecule is CC(C)n1ncc(NCC2CCC(O)C2)c(Br)c1=O. The van der Waals surface area contributed by atoms with E-state index in [4.69, 9.17) is 0 Å². The van der Waals surface area contributed by atoms with Crippen molar-refractivity contribution in [2.45, 2.75) is 45.3 Å². The number of halogens is 1. The third kappa shape index (κ3) is 3.36. The molecule has 1 aliphatic rings. The third-order valence-corrected chi connectivity index (χ3v) is 4.29. The van der Waals surface area contributed by atoms with E-state index in [1.165, 1.54) is 4.68 Å². The molecule has 0 aliphatic heterocycles. The monoisotopic (exact) mass is 329 g/mol. The summed E-state index contributed by atoms with van der Waals surface area (Å²) in [5, 5.41) is 16.9. The van der Waals surface area contributed by atoms with Gasteiger partial charge in [0.15, 0.2) is 0 Å². The Bertz CT molecular complexity index is 501. The fourth-order valence-corrected chi connectivity index (χ4v) is 2.85. The maximum atomic E-state index is 12.1. The average Bonchev–Trinajstić information content (AvgIpc) is 2.76. The van der Waals surface area contributed by atoms with Gasteiger partial charge in [0.25, 0.3) is 5.56 Å². The molecule has 5 nitrogen and oxygen atoms in total. The van der Waals surface area contributed by atoms with Crippen molar-refractivity contribution >= 4 is 21.6 Å². The first kappa shape index (κ1) is 14.5. The summed E-state index contributed by atoms with van der Waals surface area (Å²) >= 11 is 3.34. The maximum absolute atomic E-state index is 12.1. The molecule has 0 amide bonds. The lowest BCUT2D eigenvalue weighted by molar-refractivity contribution is 0.178. The summed E-state index contributed by atoms with van der Waals surface area (Å²) in [6, 6.07) is 0.0443. The molecule has 1 aliphatic carbocycles. The molecule has 0 bridgehead atoms. The van der Waals surface area contributed by atoms with Crippen LogP contribution in [0.5, 0.6) is 0 Å². The van der Waals surface area contributed by atoms with Gasteiger partial charge in [0.05, 0.1) is 24.0 Å². The second-order valence-electron chi connectivity index (χ2n) is 5.43. The van der Waals surface area contributed by atoms with Crippen LogP contribution >= 0.6 is 15.9 Å². The second kappa shape index (κ2) is 6.05. The molecule has 2 atom stereocenters. The standard InChI is InChI=1S/C13H20BrN3O2/c1-8(2)17-13(19)12(14)11(7-16-17)15-6-9-3-4-10(18)5-9/h7-10,15,18H,3-6H2,1-2H3. The zero-order valence-electron chi connectivity index (χ0n) is 11.3. The summed E-state index contributed by atoms with van der Waals surface area (Å²) in [6.07, 6.45) is 4.25. The van der Waals surface area contributed by atoms with E-state index in [2.05, 4.69) is 26.3 Å². The fraction of sp³-hybridized carbons (Fsp3) is 0.692. The highest BCUT2D eigenvalue weighted by Crippen LogP contribution is 2.26. The molecule has 1 fully saturated rings. The molecule has 1 heterocycles. The Morgan fingerprint density at radius 2 is 2.32 bits per heavy atom. The fourth-order valence-electron chi connectivity index (χ4n) is 2.42. The minimum Gasteiger partial charge on any atom is -0.393 e. The molecule has 2 unspecified atom stereocenters. The Hall–Kier alpha value is -0.880. The lowest BCUT2D eigenvalue weighted by Crippen LogP contribution is -2.26. The van der Waals surface area contributed by atoms with Gasteiger partial charge in [-0.25, -0.2) is 4.68 Å². The third-order valence-electron chi connectivity index (χ3n) is 3.53. The van der Waals surface area contributed by atoms with Gasteiger partial charge in [-0.05, 0) is 55.0 Å². The summed E-state index contributed by atoms with van der Waals surface area (Å²) in [5.74, 6) is 0.467. The molecule has 1 aromatic heterocycles. The van der Waals surface area contributed by atoms with Crippen molar-refractivity contribution in [3.05, 3.63) is 21.0 Å². The minimum atomic E-state index is -0.165. The summed E-state index contributed by atoms with van der Waals surface area (Å²) in [7, 11) is 0. The van der Waals surface area contributed by atoms with Gasteiger partial charge in [0, 0.05) is 6.54 Å². The van der Waals surface area contributed by atoms with Gasteiger partial charge in [-0.15, -0.1) is 0 Å². The van der Waals surface area contributed by atoms with Crippen LogP contribution < -0.4 is 10.9 Å². The lowest BCUT2D eigenvalue weighted by atomic mass is 10.1. The number of rotatable bonds is 4. The maximum Gasteiger partial charge on any atom is 0.283 e. The molecule has 1 saturated carbocycles. The van der Waals surface area contributed by atoms with E-state index in [1.807, 2.05) is 13.8 Å². The lowest BCUT2D eigenvalue weighted by Gasteiger charge is -2.15. The van der Waals surface area contributed by atoms with E-state index in [0.717, 1.165) is 31.5 Å². The summed E-state index contributed by atoms with van der Waals surface area (Å²) in [6.45, 7) is 4.62. The Kier molecular flexibility index (Phi) is 4.62. The number of nitrogens with one attached hydrogen (secondary N) is 1.